The standard InChI is InChI=1S/C18H19NO5S/c1-18(2,3)14(20)9-15-19-17(23)13(25-15)8-11-4-6-12(7-5-11)24-10-16(21)22/h4-9H,10H2,1-3H3,(H,19,23)(H,21,22)/p-1/b13-8+,15-9+. The van der Waals surface area contributed by atoms with E-state index in [2.05, 4.69) is 4.98 Å². The molecule has 2 aromatic rings. The second-order valence-corrected chi connectivity index (χ2v) is 7.50. The van der Waals surface area contributed by atoms with Gasteiger partial charge in [0.2, 0.25) is 0 Å². The summed E-state index contributed by atoms with van der Waals surface area (Å²) in [5.74, 6) is -0.966. The topological polar surface area (TPSA) is 99.3 Å². The molecule has 0 bridgehead atoms. The maximum Gasteiger partial charge on any atom is 0.266 e. The normalized spacial score (nSPS) is 13.1. The van der Waals surface area contributed by atoms with Crippen molar-refractivity contribution in [2.45, 2.75) is 20.8 Å². The van der Waals surface area contributed by atoms with Gasteiger partial charge in [-0.1, -0.05) is 32.9 Å². The lowest BCUT2D eigenvalue weighted by molar-refractivity contribution is -0.307. The Hall–Kier alpha value is -2.67. The molecule has 0 amide bonds. The Labute approximate surface area is 148 Å². The number of carboxylic acid groups (broad SMARTS) is 1. The van der Waals surface area contributed by atoms with Crippen LogP contribution in [-0.2, 0) is 9.59 Å². The summed E-state index contributed by atoms with van der Waals surface area (Å²) in [5.41, 5.74) is -0.0245. The molecule has 6 nitrogen and oxygen atoms in total. The van der Waals surface area contributed by atoms with Crippen LogP contribution in [0.15, 0.2) is 29.1 Å². The lowest BCUT2D eigenvalue weighted by Gasteiger charge is -2.12. The Balaban J connectivity index is 2.27. The van der Waals surface area contributed by atoms with Gasteiger partial charge in [-0.3, -0.25) is 9.59 Å². The van der Waals surface area contributed by atoms with Gasteiger partial charge >= 0.3 is 0 Å². The van der Waals surface area contributed by atoms with Crippen molar-refractivity contribution in [2.24, 2.45) is 5.41 Å². The van der Waals surface area contributed by atoms with Gasteiger partial charge in [0.1, 0.15) is 12.4 Å². The monoisotopic (exact) mass is 360 g/mol. The quantitative estimate of drug-likeness (QED) is 0.795. The molecule has 1 aromatic carbocycles. The molecule has 25 heavy (non-hydrogen) atoms. The van der Waals surface area contributed by atoms with Gasteiger partial charge in [0.25, 0.3) is 5.56 Å². The largest absolute Gasteiger partial charge is 0.546 e. The number of rotatable bonds is 5. The van der Waals surface area contributed by atoms with E-state index in [0.29, 0.717) is 14.9 Å². The highest BCUT2D eigenvalue weighted by Crippen LogP contribution is 2.15. The number of aliphatic carboxylic acids is 1. The zero-order valence-corrected chi connectivity index (χ0v) is 14.9. The molecule has 0 aliphatic rings. The van der Waals surface area contributed by atoms with Gasteiger partial charge in [0, 0.05) is 11.5 Å². The zero-order valence-electron chi connectivity index (χ0n) is 14.1. The molecule has 1 aromatic heterocycles. The van der Waals surface area contributed by atoms with Crippen LogP contribution in [0.5, 0.6) is 5.75 Å². The van der Waals surface area contributed by atoms with E-state index in [0.717, 1.165) is 5.56 Å². The molecule has 7 heteroatoms. The number of carbonyl (C=O) groups is 2. The number of Topliss-reactive ketones (excluding diaryl/α,β-unsaturated/α-hetero) is 1. The Morgan fingerprint density at radius 2 is 1.88 bits per heavy atom. The Kier molecular flexibility index (Phi) is 5.58. The minimum atomic E-state index is -1.30. The van der Waals surface area contributed by atoms with E-state index in [4.69, 9.17) is 4.74 Å². The second-order valence-electron chi connectivity index (χ2n) is 6.42. The lowest BCUT2D eigenvalue weighted by atomic mass is 9.91. The number of ketones is 1. The summed E-state index contributed by atoms with van der Waals surface area (Å²) in [5, 5.41) is 10.4. The smallest absolute Gasteiger partial charge is 0.266 e. The first-order chi connectivity index (χ1) is 11.6. The average Bonchev–Trinajstić information content (AvgIpc) is 2.85. The molecular formula is C18H18NO5S-. The summed E-state index contributed by atoms with van der Waals surface area (Å²) in [6.07, 6.45) is 3.13. The van der Waals surface area contributed by atoms with Gasteiger partial charge in [-0.15, -0.1) is 11.3 Å². The maximum absolute atomic E-state index is 12.0. The van der Waals surface area contributed by atoms with Gasteiger partial charge in [0.05, 0.1) is 15.2 Å². The Morgan fingerprint density at radius 3 is 2.44 bits per heavy atom. The molecular weight excluding hydrogens is 342 g/mol. The van der Waals surface area contributed by atoms with Crippen LogP contribution in [0.2, 0.25) is 0 Å². The third kappa shape index (κ3) is 5.42. The molecule has 1 heterocycles. The summed E-state index contributed by atoms with van der Waals surface area (Å²) >= 11 is 1.20. The minimum absolute atomic E-state index is 0.0639. The first kappa shape index (κ1) is 18.7. The van der Waals surface area contributed by atoms with Crippen molar-refractivity contribution in [3.05, 3.63) is 49.4 Å². The molecule has 2 rings (SSSR count). The maximum atomic E-state index is 12.0. The molecule has 0 radical (unpaired) electrons. The predicted octanol–water partition coefficient (Wildman–Crippen LogP) is -0.210. The van der Waals surface area contributed by atoms with E-state index < -0.39 is 18.0 Å². The Morgan fingerprint density at radius 1 is 1.24 bits per heavy atom. The van der Waals surface area contributed by atoms with Crippen molar-refractivity contribution in [3.63, 3.8) is 0 Å². The van der Waals surface area contributed by atoms with E-state index in [1.54, 1.807) is 30.3 Å². The summed E-state index contributed by atoms with van der Waals surface area (Å²) in [7, 11) is 0. The van der Waals surface area contributed by atoms with Crippen molar-refractivity contribution >= 4 is 35.2 Å². The molecule has 0 unspecified atom stereocenters. The summed E-state index contributed by atoms with van der Waals surface area (Å²) < 4.78 is 5.97. The molecule has 0 aliphatic heterocycles. The van der Waals surface area contributed by atoms with Crippen LogP contribution in [-0.4, -0.2) is 23.3 Å². The SMILES string of the molecule is CC(C)(C)C(=O)/C=c1\[nH]c(=O)/c(=C\c2ccc(OCC(=O)[O-])cc2)s1. The fraction of sp³-hybridized carbons (Fsp3) is 0.278. The molecule has 0 atom stereocenters. The number of aromatic nitrogens is 1. The number of carboxylic acids is 1. The number of hydrogen-bond acceptors (Lipinski definition) is 6. The number of carbonyl (C=O) groups excluding carboxylic acids is 2. The average molecular weight is 360 g/mol. The summed E-state index contributed by atoms with van der Waals surface area (Å²) in [6, 6.07) is 6.61. The molecule has 0 saturated carbocycles. The van der Waals surface area contributed by atoms with Crippen LogP contribution in [0.1, 0.15) is 26.3 Å². The van der Waals surface area contributed by atoms with Gasteiger partial charge in [-0.25, -0.2) is 0 Å². The van der Waals surface area contributed by atoms with Crippen LogP contribution >= 0.6 is 11.3 Å². The molecule has 1 N–H and O–H groups in total. The van der Waals surface area contributed by atoms with Crippen LogP contribution in [0.4, 0.5) is 0 Å². The molecule has 0 spiro atoms. The van der Waals surface area contributed by atoms with Crippen molar-refractivity contribution in [1.82, 2.24) is 4.98 Å². The van der Waals surface area contributed by atoms with Crippen molar-refractivity contribution in [2.75, 3.05) is 6.61 Å². The van der Waals surface area contributed by atoms with Crippen molar-refractivity contribution in [3.8, 4) is 5.75 Å². The Bertz CT molecular complexity index is 945. The number of benzene rings is 1. The number of nitrogens with one attached hydrogen (secondary N) is 1. The van der Waals surface area contributed by atoms with E-state index in [1.165, 1.54) is 17.4 Å². The zero-order chi connectivity index (χ0) is 18.6. The van der Waals surface area contributed by atoms with Crippen molar-refractivity contribution < 1.29 is 19.4 Å². The number of aromatic amines is 1. The highest BCUT2D eigenvalue weighted by Gasteiger charge is 2.18. The fourth-order valence-corrected chi connectivity index (χ4v) is 2.70. The molecule has 132 valence electrons. The van der Waals surface area contributed by atoms with Crippen LogP contribution < -0.4 is 24.6 Å². The van der Waals surface area contributed by atoms with Gasteiger partial charge in [0.15, 0.2) is 5.78 Å². The molecule has 0 aliphatic carbocycles. The summed E-state index contributed by atoms with van der Waals surface area (Å²) in [4.78, 5) is 37.1. The highest BCUT2D eigenvalue weighted by atomic mass is 32.1. The highest BCUT2D eigenvalue weighted by molar-refractivity contribution is 7.07. The van der Waals surface area contributed by atoms with E-state index in [-0.39, 0.29) is 11.3 Å². The first-order valence-corrected chi connectivity index (χ1v) is 8.36. The van der Waals surface area contributed by atoms with Crippen LogP contribution in [0.25, 0.3) is 12.2 Å². The van der Waals surface area contributed by atoms with Gasteiger partial charge in [-0.05, 0) is 23.8 Å². The number of H-pyrrole nitrogens is 1. The van der Waals surface area contributed by atoms with Gasteiger partial charge < -0.3 is 19.6 Å². The van der Waals surface area contributed by atoms with E-state index in [9.17, 15) is 19.5 Å². The number of thiazole rings is 1. The predicted molar refractivity (Wildman–Crippen MR) is 93.6 cm³/mol. The minimum Gasteiger partial charge on any atom is -0.546 e. The molecule has 0 saturated heterocycles. The second kappa shape index (κ2) is 7.48. The summed E-state index contributed by atoms with van der Waals surface area (Å²) in [6.45, 7) is 4.92. The van der Waals surface area contributed by atoms with Crippen LogP contribution in [0.3, 0.4) is 0 Å². The van der Waals surface area contributed by atoms with E-state index >= 15 is 0 Å². The first-order valence-electron chi connectivity index (χ1n) is 7.55. The lowest BCUT2D eigenvalue weighted by Crippen LogP contribution is -2.28. The third-order valence-corrected chi connectivity index (χ3v) is 4.18. The van der Waals surface area contributed by atoms with E-state index in [1.807, 2.05) is 20.8 Å². The fourth-order valence-electron chi connectivity index (χ4n) is 1.81. The number of hydrogen-bond donors (Lipinski definition) is 1. The third-order valence-electron chi connectivity index (χ3n) is 3.22. The van der Waals surface area contributed by atoms with Gasteiger partial charge in [-0.2, -0.15) is 0 Å². The van der Waals surface area contributed by atoms with Crippen LogP contribution in [0, 0.1) is 5.41 Å². The van der Waals surface area contributed by atoms with Crippen molar-refractivity contribution in [1.29, 1.82) is 0 Å². The molecule has 0 fully saturated rings. The number of ether oxygens (including phenoxy) is 1.